The third-order valence-corrected chi connectivity index (χ3v) is 3.13. The van der Waals surface area contributed by atoms with Gasteiger partial charge in [-0.25, -0.2) is 0 Å². The third kappa shape index (κ3) is 11.1. The van der Waals surface area contributed by atoms with Gasteiger partial charge in [-0.3, -0.25) is 0 Å². The van der Waals surface area contributed by atoms with Crippen molar-refractivity contribution < 1.29 is 43.5 Å². The molecule has 5 heteroatoms. The first-order valence-corrected chi connectivity index (χ1v) is 6.29. The molecule has 1 atom stereocenters. The summed E-state index contributed by atoms with van der Waals surface area (Å²) in [5.74, 6) is 0. The first kappa shape index (κ1) is 16.6. The summed E-state index contributed by atoms with van der Waals surface area (Å²) in [4.78, 5) is 11.0. The second-order valence-electron chi connectivity index (χ2n) is 2.81. The fourth-order valence-electron chi connectivity index (χ4n) is 0.993. The van der Waals surface area contributed by atoms with Crippen molar-refractivity contribution in [3.8, 4) is 0 Å². The van der Waals surface area contributed by atoms with Crippen LogP contribution >= 0.6 is 7.60 Å². The molecular weight excluding hydrogens is 198 g/mol. The van der Waals surface area contributed by atoms with Crippen LogP contribution in [-0.4, -0.2) is 12.8 Å². The summed E-state index contributed by atoms with van der Waals surface area (Å²) in [6.07, 6.45) is 4.13. The molecule has 0 heterocycles. The monoisotopic (exact) mass is 216 g/mol. The van der Waals surface area contributed by atoms with Crippen LogP contribution in [-0.2, 0) is 9.09 Å². The van der Waals surface area contributed by atoms with E-state index >= 15 is 0 Å². The summed E-state index contributed by atoms with van der Waals surface area (Å²) < 4.78 is 15.6. The van der Waals surface area contributed by atoms with Crippen molar-refractivity contribution in [2.75, 3.05) is 12.8 Å². The molecule has 0 amide bonds. The smallest absolute Gasteiger partial charge is 0.778 e. The average molecular weight is 216 g/mol. The largest absolute Gasteiger partial charge is 1.00 e. The predicted molar refractivity (Wildman–Crippen MR) is 48.2 cm³/mol. The molecular formula is C8H18NaO3P. The molecule has 0 rings (SSSR count). The van der Waals surface area contributed by atoms with Crippen molar-refractivity contribution in [1.82, 2.24) is 0 Å². The van der Waals surface area contributed by atoms with E-state index in [1.807, 2.05) is 0 Å². The molecule has 1 unspecified atom stereocenters. The Kier molecular flexibility index (Phi) is 12.4. The maximum atomic E-state index is 11.0. The van der Waals surface area contributed by atoms with E-state index in [9.17, 15) is 9.46 Å². The molecule has 0 saturated carbocycles. The summed E-state index contributed by atoms with van der Waals surface area (Å²) in [7, 11) is -3.48. The zero-order valence-electron chi connectivity index (χ0n) is 8.91. The molecule has 0 aliphatic heterocycles. The fraction of sp³-hybridized carbons (Fsp3) is 1.00. The van der Waals surface area contributed by atoms with Gasteiger partial charge in [0.1, 0.15) is 7.60 Å². The topological polar surface area (TPSA) is 49.4 Å². The molecule has 0 spiro atoms. The van der Waals surface area contributed by atoms with E-state index in [2.05, 4.69) is 11.4 Å². The normalized spacial score (nSPS) is 14.7. The Morgan fingerprint density at radius 3 is 2.31 bits per heavy atom. The molecule has 74 valence electrons. The van der Waals surface area contributed by atoms with Gasteiger partial charge >= 0.3 is 29.6 Å². The average Bonchev–Trinajstić information content (AvgIpc) is 1.98. The SMILES string of the molecule is CCCCCCP(=O)([O-])OCC.[Na+]. The molecule has 0 aromatic carbocycles. The molecule has 0 saturated heterocycles. The molecule has 0 aromatic rings. The Hall–Kier alpha value is 1.15. The van der Waals surface area contributed by atoms with Crippen LogP contribution in [0, 0.1) is 0 Å². The number of unbranched alkanes of at least 4 members (excludes halogenated alkanes) is 3. The van der Waals surface area contributed by atoms with Crippen LogP contribution in [0.2, 0.25) is 0 Å². The Labute approximate surface area is 103 Å². The van der Waals surface area contributed by atoms with Gasteiger partial charge in [0.05, 0.1) is 6.61 Å². The summed E-state index contributed by atoms with van der Waals surface area (Å²) in [6.45, 7) is 4.05. The van der Waals surface area contributed by atoms with E-state index in [0.717, 1.165) is 25.7 Å². The van der Waals surface area contributed by atoms with Crippen molar-refractivity contribution in [2.45, 2.75) is 39.5 Å². The van der Waals surface area contributed by atoms with Gasteiger partial charge in [-0.15, -0.1) is 0 Å². The minimum absolute atomic E-state index is 0. The molecule has 0 aromatic heterocycles. The van der Waals surface area contributed by atoms with Gasteiger partial charge in [0, 0.05) is 6.16 Å². The van der Waals surface area contributed by atoms with E-state index in [-0.39, 0.29) is 42.3 Å². The summed E-state index contributed by atoms with van der Waals surface area (Å²) in [6, 6.07) is 0. The zero-order chi connectivity index (χ0) is 9.45. The standard InChI is InChI=1S/C8H19O3P.Na/c1-3-5-6-7-8-12(9,10)11-4-2;/h3-8H2,1-2H3,(H,9,10);/q;+1/p-1. The molecule has 13 heavy (non-hydrogen) atoms. The predicted octanol–water partition coefficient (Wildman–Crippen LogP) is -0.839. The van der Waals surface area contributed by atoms with E-state index in [0.29, 0.717) is 0 Å². The first-order chi connectivity index (χ1) is 5.62. The third-order valence-electron chi connectivity index (χ3n) is 1.61. The van der Waals surface area contributed by atoms with Crippen LogP contribution in [0.4, 0.5) is 0 Å². The first-order valence-electron chi connectivity index (χ1n) is 4.57. The summed E-state index contributed by atoms with van der Waals surface area (Å²) >= 11 is 0. The number of rotatable bonds is 7. The Balaban J connectivity index is 0. The van der Waals surface area contributed by atoms with Gasteiger partial charge in [-0.2, -0.15) is 0 Å². The maximum Gasteiger partial charge on any atom is 1.00 e. The fourth-order valence-corrected chi connectivity index (χ4v) is 2.13. The Morgan fingerprint density at radius 2 is 1.85 bits per heavy atom. The van der Waals surface area contributed by atoms with Crippen molar-refractivity contribution in [3.63, 3.8) is 0 Å². The molecule has 0 fully saturated rings. The van der Waals surface area contributed by atoms with Gasteiger partial charge in [0.25, 0.3) is 0 Å². The van der Waals surface area contributed by atoms with Crippen LogP contribution in [0.5, 0.6) is 0 Å². The van der Waals surface area contributed by atoms with Gasteiger partial charge in [-0.1, -0.05) is 26.2 Å². The Bertz CT molecular complexity index is 152. The van der Waals surface area contributed by atoms with Gasteiger partial charge in [-0.05, 0) is 13.3 Å². The van der Waals surface area contributed by atoms with E-state index in [1.165, 1.54) is 0 Å². The van der Waals surface area contributed by atoms with E-state index < -0.39 is 7.60 Å². The summed E-state index contributed by atoms with van der Waals surface area (Å²) in [5, 5.41) is 0. The molecule has 0 aliphatic carbocycles. The van der Waals surface area contributed by atoms with E-state index in [1.54, 1.807) is 6.92 Å². The van der Waals surface area contributed by atoms with Crippen molar-refractivity contribution >= 4 is 7.60 Å². The van der Waals surface area contributed by atoms with Crippen LogP contribution in [0.25, 0.3) is 0 Å². The van der Waals surface area contributed by atoms with Gasteiger partial charge < -0.3 is 14.0 Å². The second-order valence-corrected chi connectivity index (χ2v) is 4.74. The van der Waals surface area contributed by atoms with Crippen LogP contribution < -0.4 is 34.5 Å². The quantitative estimate of drug-likeness (QED) is 0.317. The van der Waals surface area contributed by atoms with Gasteiger partial charge in [0.15, 0.2) is 0 Å². The van der Waals surface area contributed by atoms with E-state index in [4.69, 9.17) is 0 Å². The molecule has 0 N–H and O–H groups in total. The number of hydrogen-bond donors (Lipinski definition) is 0. The second kappa shape index (κ2) is 9.70. The molecule has 0 aliphatic rings. The van der Waals surface area contributed by atoms with Crippen LogP contribution in [0.1, 0.15) is 39.5 Å². The molecule has 3 nitrogen and oxygen atoms in total. The minimum Gasteiger partial charge on any atom is -0.778 e. The summed E-state index contributed by atoms with van der Waals surface area (Å²) in [5.41, 5.74) is 0. The maximum absolute atomic E-state index is 11.0. The Morgan fingerprint density at radius 1 is 1.23 bits per heavy atom. The van der Waals surface area contributed by atoms with Crippen molar-refractivity contribution in [3.05, 3.63) is 0 Å². The zero-order valence-corrected chi connectivity index (χ0v) is 11.8. The molecule has 0 radical (unpaired) electrons. The van der Waals surface area contributed by atoms with Crippen LogP contribution in [0.15, 0.2) is 0 Å². The minimum atomic E-state index is -3.48. The van der Waals surface area contributed by atoms with Crippen molar-refractivity contribution in [1.29, 1.82) is 0 Å². The van der Waals surface area contributed by atoms with Gasteiger partial charge in [0.2, 0.25) is 0 Å². The van der Waals surface area contributed by atoms with Crippen molar-refractivity contribution in [2.24, 2.45) is 0 Å². The number of hydrogen-bond acceptors (Lipinski definition) is 3. The molecule has 0 bridgehead atoms. The van der Waals surface area contributed by atoms with Crippen LogP contribution in [0.3, 0.4) is 0 Å².